The normalized spacial score (nSPS) is 18.9. The third-order valence-corrected chi connectivity index (χ3v) is 19.2. The van der Waals surface area contributed by atoms with Gasteiger partial charge in [-0.1, -0.05) is 103 Å². The fourth-order valence-electron chi connectivity index (χ4n) is 11.9. The van der Waals surface area contributed by atoms with Gasteiger partial charge in [-0.2, -0.15) is 11.8 Å². The molecule has 0 bridgehead atoms. The first-order chi connectivity index (χ1) is 46.1. The Hall–Kier alpha value is -8.96. The fourth-order valence-corrected chi connectivity index (χ4v) is 14.0. The van der Waals surface area contributed by atoms with E-state index in [0.29, 0.717) is 48.6 Å². The summed E-state index contributed by atoms with van der Waals surface area (Å²) in [7, 11) is -5.42. The smallest absolute Gasteiger partial charge is 0.370 e. The van der Waals surface area contributed by atoms with E-state index in [4.69, 9.17) is 16.0 Å². The van der Waals surface area contributed by atoms with Crippen molar-refractivity contribution in [1.29, 1.82) is 0 Å². The number of primary amides is 2. The molecule has 0 aromatic heterocycles. The molecule has 12 atom stereocenters. The Morgan fingerprint density at radius 1 is 0.649 bits per heavy atom. The number of nitrogens with zero attached hydrogens (tertiary/aromatic N) is 1. The Bertz CT molecular complexity index is 3550. The van der Waals surface area contributed by atoms with Crippen LogP contribution in [-0.2, 0) is 74.7 Å². The van der Waals surface area contributed by atoms with Crippen molar-refractivity contribution in [2.75, 3.05) is 18.8 Å². The van der Waals surface area contributed by atoms with Crippen LogP contribution in [0.4, 0.5) is 4.79 Å². The minimum Gasteiger partial charge on any atom is -0.370 e. The highest BCUT2D eigenvalue weighted by atomic mass is 32.2. The molecule has 31 heteroatoms. The van der Waals surface area contributed by atoms with Gasteiger partial charge in [0, 0.05) is 56.7 Å². The minimum atomic E-state index is -5.42. The molecule has 97 heavy (non-hydrogen) atoms. The molecule has 7 rings (SSSR count). The average molecular weight is 1380 g/mol. The number of hydrogen-bond donors (Lipinski definition) is 14. The molecule has 4 aromatic rings. The second-order valence-corrected chi connectivity index (χ2v) is 27.1. The first-order valence-electron chi connectivity index (χ1n) is 32.4. The Morgan fingerprint density at radius 2 is 1.26 bits per heavy atom. The number of hydrogen-bond acceptors (Lipinski definition) is 15. The second kappa shape index (κ2) is 35.9. The topological polar surface area (TPSA) is 447 Å². The molecule has 3 fully saturated rings. The molecule has 3 saturated heterocycles. The van der Waals surface area contributed by atoms with Gasteiger partial charge in [-0.05, 0) is 105 Å². The largest absolute Gasteiger partial charge is 0.469 e. The zero-order valence-electron chi connectivity index (χ0n) is 54.5. The van der Waals surface area contributed by atoms with Gasteiger partial charge >= 0.3 is 13.9 Å². The summed E-state index contributed by atoms with van der Waals surface area (Å²) < 4.78 is 17.4. The molecule has 0 saturated carbocycles. The van der Waals surface area contributed by atoms with Crippen molar-refractivity contribution >= 4 is 101 Å². The standard InChI is InChI=1S/C66H88N13O16PS/c1-37(71-61(86)48(72-40(4)80)19-12-13-31-69-55(82)22-11-10-21-53-57-51(36-97-53)76-66(91)78-57)59(84)70-38(2)60(85)74-49(34-41-23-26-45(27-24-41)43-15-6-5-7-16-43)63(88)77-56(39(3)95-96(92,93)94)65(90)79-32-14-20-52(79)64(89)75-50(62(87)73-47(58(68)83)29-30-54(67)81)35-42-25-28-44-17-8-9-18-46(44)33-42/h5-9,15-18,23-28,33,37-39,47-53,56-57H,10-14,19-22,29-32,34-36H2,1-4H3,(H2,67,81)(H2,68,83)(H,69,82)(H,70,84)(H,71,86)(H,72,80)(H,73,87)(H,74,85)(H,75,89)(H,77,88)(H2,76,78,91)(H2,92,93,94)/t37-,38-,39-,47-,48-,49-,50-,51-,52-,53-,56-,57-/m0/s1. The maximum absolute atomic E-state index is 15.0. The molecule has 3 aliphatic rings. The van der Waals surface area contributed by atoms with Crippen LogP contribution in [0.15, 0.2) is 97.1 Å². The summed E-state index contributed by atoms with van der Waals surface area (Å²) in [6.45, 7) is 5.19. The van der Waals surface area contributed by atoms with Crippen molar-refractivity contribution in [3.05, 3.63) is 108 Å². The van der Waals surface area contributed by atoms with Crippen molar-refractivity contribution in [1.82, 2.24) is 58.1 Å². The Labute approximate surface area is 566 Å². The lowest BCUT2D eigenvalue weighted by Gasteiger charge is -2.33. The molecule has 0 spiro atoms. The zero-order chi connectivity index (χ0) is 70.5. The van der Waals surface area contributed by atoms with Gasteiger partial charge in [-0.3, -0.25) is 57.3 Å². The first-order valence-corrected chi connectivity index (χ1v) is 35.0. The average Bonchev–Trinajstić information content (AvgIpc) is 1.76. The van der Waals surface area contributed by atoms with E-state index in [-0.39, 0.29) is 75.5 Å². The molecule has 16 N–H and O–H groups in total. The molecule has 0 radical (unpaired) electrons. The highest BCUT2D eigenvalue weighted by Gasteiger charge is 2.45. The number of likely N-dealkylation sites (tertiary alicyclic amines) is 1. The molecule has 13 amide bonds. The van der Waals surface area contributed by atoms with Gasteiger partial charge in [0.1, 0.15) is 48.3 Å². The third kappa shape index (κ3) is 23.1. The maximum Gasteiger partial charge on any atom is 0.469 e. The van der Waals surface area contributed by atoms with Gasteiger partial charge in [-0.15, -0.1) is 0 Å². The molecule has 0 unspecified atom stereocenters. The number of nitrogens with two attached hydrogens (primary N) is 2. The van der Waals surface area contributed by atoms with Crippen LogP contribution in [0.25, 0.3) is 21.9 Å². The fraction of sp³-hybridized carbons (Fsp3) is 0.485. The van der Waals surface area contributed by atoms with Gasteiger partial charge in [0.15, 0.2) is 0 Å². The Morgan fingerprint density at radius 3 is 1.94 bits per heavy atom. The number of benzene rings is 4. The van der Waals surface area contributed by atoms with Crippen LogP contribution in [0.3, 0.4) is 0 Å². The molecule has 4 aromatic carbocycles. The summed E-state index contributed by atoms with van der Waals surface area (Å²) in [5.74, 6) is -7.82. The van der Waals surface area contributed by atoms with Crippen molar-refractivity contribution < 1.29 is 76.4 Å². The number of amides is 13. The minimum absolute atomic E-state index is 0.00662. The van der Waals surface area contributed by atoms with Crippen LogP contribution < -0.4 is 64.6 Å². The first kappa shape index (κ1) is 75.4. The molecule has 0 aliphatic carbocycles. The molecular weight excluding hydrogens is 1290 g/mol. The number of thioether (sulfide) groups is 1. The Balaban J connectivity index is 1.01. The second-order valence-electron chi connectivity index (χ2n) is 24.6. The van der Waals surface area contributed by atoms with Crippen LogP contribution in [0.2, 0.25) is 0 Å². The number of carbonyl (C=O) groups excluding carboxylic acids is 12. The van der Waals surface area contributed by atoms with E-state index in [1.807, 2.05) is 72.4 Å². The zero-order valence-corrected chi connectivity index (χ0v) is 56.3. The number of fused-ring (bicyclic) bond motifs is 2. The lowest BCUT2D eigenvalue weighted by atomic mass is 9.99. The van der Waals surface area contributed by atoms with Crippen LogP contribution >= 0.6 is 19.6 Å². The monoisotopic (exact) mass is 1380 g/mol. The summed E-state index contributed by atoms with van der Waals surface area (Å²) in [4.78, 5) is 182. The van der Waals surface area contributed by atoms with E-state index in [1.54, 1.807) is 36.4 Å². The number of rotatable bonds is 36. The van der Waals surface area contributed by atoms with Gasteiger partial charge in [0.2, 0.25) is 65.0 Å². The summed E-state index contributed by atoms with van der Waals surface area (Å²) in [5, 5.41) is 28.8. The van der Waals surface area contributed by atoms with E-state index in [9.17, 15) is 71.9 Å². The predicted octanol–water partition coefficient (Wildman–Crippen LogP) is 0.997. The summed E-state index contributed by atoms with van der Waals surface area (Å²) in [6, 6.07) is 17.6. The van der Waals surface area contributed by atoms with E-state index in [1.165, 1.54) is 20.8 Å². The predicted molar refractivity (Wildman–Crippen MR) is 360 cm³/mol. The summed E-state index contributed by atoms with van der Waals surface area (Å²) in [6.07, 6.45) is 1.18. The number of nitrogens with one attached hydrogen (secondary N) is 10. The quantitative estimate of drug-likeness (QED) is 0.0172. The highest BCUT2D eigenvalue weighted by molar-refractivity contribution is 8.00. The number of carbonyl (C=O) groups is 12. The van der Waals surface area contributed by atoms with Gasteiger partial charge in [0.25, 0.3) is 0 Å². The Kier molecular flexibility index (Phi) is 27.9. The molecular formula is C66H88N13O16PS. The highest BCUT2D eigenvalue weighted by Crippen LogP contribution is 2.39. The molecule has 29 nitrogen and oxygen atoms in total. The van der Waals surface area contributed by atoms with Crippen LogP contribution in [-0.4, -0.2) is 176 Å². The summed E-state index contributed by atoms with van der Waals surface area (Å²) in [5.41, 5.74) is 13.7. The number of urea groups is 1. The SMILES string of the molecule is CC(=O)N[C@@H](CCCCNC(=O)CCCC[C@@H]1SC[C@@H]2NC(=O)N[C@@H]21)C(=O)N[C@@H](C)C(=O)N[C@@H](C)C(=O)N[C@@H](Cc1ccc(-c2ccccc2)cc1)C(=O)N[C@H](C(=O)N1CCC[C@H]1C(=O)N[C@@H](Cc1ccc2ccccc2c1)C(=O)N[C@@H](CCC(N)=O)C(N)=O)[C@H](C)OP(=O)(O)O. The van der Waals surface area contributed by atoms with Crippen molar-refractivity contribution in [2.24, 2.45) is 11.5 Å². The lowest BCUT2D eigenvalue weighted by molar-refractivity contribution is -0.144. The van der Waals surface area contributed by atoms with Crippen molar-refractivity contribution in [3.63, 3.8) is 0 Å². The molecule has 3 heterocycles. The molecule has 524 valence electrons. The van der Waals surface area contributed by atoms with E-state index >= 15 is 0 Å². The van der Waals surface area contributed by atoms with E-state index in [0.717, 1.165) is 52.3 Å². The van der Waals surface area contributed by atoms with E-state index < -0.39 is 121 Å². The lowest BCUT2D eigenvalue weighted by Crippen LogP contribution is -2.62. The third-order valence-electron chi connectivity index (χ3n) is 17.1. The van der Waals surface area contributed by atoms with E-state index in [2.05, 4.69) is 53.2 Å². The van der Waals surface area contributed by atoms with Crippen LogP contribution in [0.1, 0.15) is 109 Å². The molecule has 3 aliphatic heterocycles. The van der Waals surface area contributed by atoms with Crippen molar-refractivity contribution in [3.8, 4) is 11.1 Å². The number of phosphoric acid groups is 1. The van der Waals surface area contributed by atoms with Crippen LogP contribution in [0, 0.1) is 0 Å². The van der Waals surface area contributed by atoms with Gasteiger partial charge in [-0.25, -0.2) is 9.36 Å². The van der Waals surface area contributed by atoms with Crippen molar-refractivity contribution in [2.45, 2.75) is 183 Å². The van der Waals surface area contributed by atoms with Crippen LogP contribution in [0.5, 0.6) is 0 Å². The van der Waals surface area contributed by atoms with Gasteiger partial charge < -0.3 is 79.3 Å². The maximum atomic E-state index is 15.0. The number of unbranched alkanes of at least 4 members (excludes halogenated alkanes) is 2. The number of phosphoric ester groups is 1. The van der Waals surface area contributed by atoms with Gasteiger partial charge in [0.05, 0.1) is 18.2 Å². The summed E-state index contributed by atoms with van der Waals surface area (Å²) >= 11 is 1.81.